The van der Waals surface area contributed by atoms with E-state index in [1.165, 1.54) is 23.1 Å². The van der Waals surface area contributed by atoms with Crippen molar-refractivity contribution in [2.75, 3.05) is 11.9 Å². The van der Waals surface area contributed by atoms with E-state index in [1.54, 1.807) is 24.7 Å². The third kappa shape index (κ3) is 3.23. The third-order valence-corrected chi connectivity index (χ3v) is 4.93. The van der Waals surface area contributed by atoms with Gasteiger partial charge in [0.2, 0.25) is 5.95 Å². The Kier molecular flexibility index (Phi) is 4.27. The molecule has 3 N–H and O–H groups in total. The number of amides is 1. The normalized spacial score (nSPS) is 15.1. The van der Waals surface area contributed by atoms with E-state index in [9.17, 15) is 9.18 Å². The van der Waals surface area contributed by atoms with Gasteiger partial charge in [-0.1, -0.05) is 6.42 Å². The van der Waals surface area contributed by atoms with Gasteiger partial charge < -0.3 is 11.1 Å². The second-order valence-electron chi connectivity index (χ2n) is 6.62. The van der Waals surface area contributed by atoms with Crippen LogP contribution in [0.4, 0.5) is 10.3 Å². The highest BCUT2D eigenvalue weighted by atomic mass is 19.1. The first-order valence-corrected chi connectivity index (χ1v) is 8.59. The lowest BCUT2D eigenvalue weighted by Gasteiger charge is -2.41. The molecule has 27 heavy (non-hydrogen) atoms. The van der Waals surface area contributed by atoms with Gasteiger partial charge in [0.05, 0.1) is 29.8 Å². The van der Waals surface area contributed by atoms with Crippen molar-refractivity contribution in [2.24, 2.45) is 5.73 Å². The maximum absolute atomic E-state index is 14.2. The Morgan fingerprint density at radius 2 is 2.04 bits per heavy atom. The molecule has 0 atom stereocenters. The number of pyridine rings is 1. The van der Waals surface area contributed by atoms with E-state index >= 15 is 0 Å². The summed E-state index contributed by atoms with van der Waals surface area (Å²) in [6.45, 7) is 0.508. The first-order chi connectivity index (χ1) is 13.1. The van der Waals surface area contributed by atoms with Crippen molar-refractivity contribution in [3.05, 3.63) is 60.2 Å². The third-order valence-electron chi connectivity index (χ3n) is 4.93. The number of primary amides is 1. The molecule has 4 rings (SSSR count). The minimum absolute atomic E-state index is 0.279. The number of nitrogens with zero attached hydrogens (tertiary/aromatic N) is 5. The Hall–Kier alpha value is -3.36. The summed E-state index contributed by atoms with van der Waals surface area (Å²) in [5.74, 6) is -0.393. The number of carbonyl (C=O) groups is 1. The summed E-state index contributed by atoms with van der Waals surface area (Å²) in [5.41, 5.74) is 6.30. The van der Waals surface area contributed by atoms with Crippen LogP contribution in [-0.2, 0) is 5.41 Å². The van der Waals surface area contributed by atoms with Crippen LogP contribution in [0.25, 0.3) is 5.69 Å². The molecule has 0 spiro atoms. The SMILES string of the molecule is NC(=O)c1cnn(-c2cnc(NCC3(c4ncccc4F)CCC3)nc2)c1. The van der Waals surface area contributed by atoms with Crippen LogP contribution in [0, 0.1) is 5.82 Å². The fraction of sp³-hybridized carbons (Fsp3) is 0.278. The molecule has 0 aromatic carbocycles. The molecule has 8 nitrogen and oxygen atoms in total. The number of anilines is 1. The number of hydrogen-bond acceptors (Lipinski definition) is 6. The molecule has 138 valence electrons. The average Bonchev–Trinajstić information content (AvgIpc) is 3.13. The summed E-state index contributed by atoms with van der Waals surface area (Å²) in [7, 11) is 0. The summed E-state index contributed by atoms with van der Waals surface area (Å²) < 4.78 is 15.6. The summed E-state index contributed by atoms with van der Waals surface area (Å²) in [6.07, 6.45) is 10.5. The minimum atomic E-state index is -0.548. The van der Waals surface area contributed by atoms with Gasteiger partial charge in [0, 0.05) is 24.4 Å². The average molecular weight is 367 g/mol. The Morgan fingerprint density at radius 3 is 2.63 bits per heavy atom. The van der Waals surface area contributed by atoms with Gasteiger partial charge in [-0.25, -0.2) is 19.0 Å². The minimum Gasteiger partial charge on any atom is -0.366 e. The van der Waals surface area contributed by atoms with Crippen LogP contribution in [0.2, 0.25) is 0 Å². The lowest BCUT2D eigenvalue weighted by molar-refractivity contribution is 0.100. The van der Waals surface area contributed by atoms with E-state index in [-0.39, 0.29) is 11.2 Å². The first kappa shape index (κ1) is 17.1. The smallest absolute Gasteiger partial charge is 0.251 e. The second kappa shape index (κ2) is 6.75. The lowest BCUT2D eigenvalue weighted by Crippen LogP contribution is -2.42. The van der Waals surface area contributed by atoms with Crippen molar-refractivity contribution in [1.29, 1.82) is 0 Å². The number of hydrogen-bond donors (Lipinski definition) is 2. The van der Waals surface area contributed by atoms with Gasteiger partial charge in [-0.2, -0.15) is 5.10 Å². The van der Waals surface area contributed by atoms with Crippen LogP contribution in [0.15, 0.2) is 43.1 Å². The fourth-order valence-corrected chi connectivity index (χ4v) is 3.25. The quantitative estimate of drug-likeness (QED) is 0.687. The fourth-order valence-electron chi connectivity index (χ4n) is 3.25. The number of carbonyl (C=O) groups excluding carboxylic acids is 1. The number of rotatable bonds is 6. The molecule has 1 fully saturated rings. The zero-order valence-electron chi connectivity index (χ0n) is 14.5. The summed E-state index contributed by atoms with van der Waals surface area (Å²) in [4.78, 5) is 23.9. The van der Waals surface area contributed by atoms with Gasteiger partial charge in [0.1, 0.15) is 11.5 Å². The maximum Gasteiger partial charge on any atom is 0.251 e. The summed E-state index contributed by atoms with van der Waals surface area (Å²) in [5, 5.41) is 7.24. The van der Waals surface area contributed by atoms with Crippen LogP contribution in [0.1, 0.15) is 35.3 Å². The Bertz CT molecular complexity index is 966. The van der Waals surface area contributed by atoms with Crippen LogP contribution in [0.5, 0.6) is 0 Å². The van der Waals surface area contributed by atoms with Crippen molar-refractivity contribution in [2.45, 2.75) is 24.7 Å². The zero-order chi connectivity index (χ0) is 18.9. The van der Waals surface area contributed by atoms with Gasteiger partial charge in [-0.3, -0.25) is 9.78 Å². The molecule has 3 aromatic heterocycles. The molecular weight excluding hydrogens is 349 g/mol. The van der Waals surface area contributed by atoms with Crippen LogP contribution < -0.4 is 11.1 Å². The van der Waals surface area contributed by atoms with Crippen LogP contribution >= 0.6 is 0 Å². The summed E-state index contributed by atoms with van der Waals surface area (Å²) in [6, 6.07) is 3.04. The molecule has 1 amide bonds. The highest BCUT2D eigenvalue weighted by Gasteiger charge is 2.41. The van der Waals surface area contributed by atoms with Crippen molar-refractivity contribution >= 4 is 11.9 Å². The van der Waals surface area contributed by atoms with Gasteiger partial charge in [0.25, 0.3) is 5.91 Å². The largest absolute Gasteiger partial charge is 0.366 e. The predicted molar refractivity (Wildman–Crippen MR) is 95.9 cm³/mol. The molecule has 1 saturated carbocycles. The summed E-state index contributed by atoms with van der Waals surface area (Å²) >= 11 is 0. The van der Waals surface area contributed by atoms with E-state index in [0.717, 1.165) is 19.3 Å². The lowest BCUT2D eigenvalue weighted by atomic mass is 9.66. The first-order valence-electron chi connectivity index (χ1n) is 8.59. The molecule has 0 aliphatic heterocycles. The van der Waals surface area contributed by atoms with E-state index < -0.39 is 5.91 Å². The van der Waals surface area contributed by atoms with Crippen molar-refractivity contribution in [3.63, 3.8) is 0 Å². The molecular formula is C18H18FN7O. The standard InChI is InChI=1S/C18H18FN7O/c19-14-3-1-6-21-15(14)18(4-2-5-18)11-24-17-22-8-13(9-23-17)26-10-12(7-25-26)16(20)27/h1,3,6-10H,2,4-5,11H2,(H2,20,27)(H,22,23,24). The predicted octanol–water partition coefficient (Wildman–Crippen LogP) is 1.83. The van der Waals surface area contributed by atoms with Crippen molar-refractivity contribution in [3.8, 4) is 5.69 Å². The Morgan fingerprint density at radius 1 is 1.26 bits per heavy atom. The topological polar surface area (TPSA) is 112 Å². The molecule has 9 heteroatoms. The monoisotopic (exact) mass is 367 g/mol. The van der Waals surface area contributed by atoms with E-state index in [2.05, 4.69) is 25.4 Å². The second-order valence-corrected chi connectivity index (χ2v) is 6.62. The van der Waals surface area contributed by atoms with Gasteiger partial charge in [-0.05, 0) is 25.0 Å². The number of aromatic nitrogens is 5. The molecule has 1 aliphatic rings. The number of nitrogens with one attached hydrogen (secondary N) is 1. The molecule has 0 bridgehead atoms. The molecule has 0 unspecified atom stereocenters. The van der Waals surface area contributed by atoms with Crippen molar-refractivity contribution < 1.29 is 9.18 Å². The number of halogens is 1. The molecule has 3 heterocycles. The molecule has 0 saturated heterocycles. The van der Waals surface area contributed by atoms with Crippen molar-refractivity contribution in [1.82, 2.24) is 24.7 Å². The van der Waals surface area contributed by atoms with Crippen LogP contribution in [-0.4, -0.2) is 37.2 Å². The van der Waals surface area contributed by atoms with E-state index in [0.29, 0.717) is 29.4 Å². The molecule has 3 aromatic rings. The zero-order valence-corrected chi connectivity index (χ0v) is 14.5. The number of nitrogens with two attached hydrogens (primary N) is 1. The van der Waals surface area contributed by atoms with Crippen LogP contribution in [0.3, 0.4) is 0 Å². The van der Waals surface area contributed by atoms with E-state index in [4.69, 9.17) is 5.73 Å². The molecule has 1 aliphatic carbocycles. The van der Waals surface area contributed by atoms with E-state index in [1.807, 2.05) is 0 Å². The maximum atomic E-state index is 14.2. The Labute approximate surface area is 154 Å². The van der Waals surface area contributed by atoms with Gasteiger partial charge in [0.15, 0.2) is 0 Å². The highest BCUT2D eigenvalue weighted by Crippen LogP contribution is 2.43. The molecule has 0 radical (unpaired) electrons. The Balaban J connectivity index is 1.47. The van der Waals surface area contributed by atoms with Gasteiger partial charge >= 0.3 is 0 Å². The highest BCUT2D eigenvalue weighted by molar-refractivity contribution is 5.92. The van der Waals surface area contributed by atoms with Gasteiger partial charge in [-0.15, -0.1) is 0 Å².